The van der Waals surface area contributed by atoms with Gasteiger partial charge in [0.15, 0.2) is 0 Å². The fraction of sp³-hybridized carbons (Fsp3) is 0.286. The Labute approximate surface area is 226 Å². The average molecular weight is 581 g/mol. The van der Waals surface area contributed by atoms with Crippen molar-refractivity contribution in [3.05, 3.63) is 88.2 Å². The van der Waals surface area contributed by atoms with Crippen molar-refractivity contribution < 1.29 is 8.42 Å². The molecule has 0 radical (unpaired) electrons. The van der Waals surface area contributed by atoms with E-state index < -0.39 is 10.0 Å². The lowest BCUT2D eigenvalue weighted by Crippen LogP contribution is -2.49. The van der Waals surface area contributed by atoms with E-state index in [2.05, 4.69) is 65.1 Å². The lowest BCUT2D eigenvalue weighted by Gasteiger charge is -2.36. The topological polar surface area (TPSA) is 78.4 Å². The van der Waals surface area contributed by atoms with Gasteiger partial charge in [-0.25, -0.2) is 18.4 Å². The first-order chi connectivity index (χ1) is 17.7. The molecule has 1 aliphatic rings. The number of nitrogens with zero attached hydrogens (tertiary/aromatic N) is 4. The molecule has 1 N–H and O–H groups in total. The van der Waals surface area contributed by atoms with Crippen molar-refractivity contribution in [1.82, 2.24) is 19.2 Å². The fourth-order valence-electron chi connectivity index (χ4n) is 4.76. The zero-order valence-electron chi connectivity index (χ0n) is 21.1. The van der Waals surface area contributed by atoms with Crippen LogP contribution in [0.15, 0.2) is 76.1 Å². The SMILES string of the molecule is Cc1cccc(C)c1Nc1nc([C@H](C)N2CCN(S(=O)(=O)c3ccc(Br)cc3)CC2)nc2ccccc12. The number of fused-ring (bicyclic) bond motifs is 1. The quantitative estimate of drug-likeness (QED) is 0.310. The van der Waals surface area contributed by atoms with Crippen LogP contribution in [0.3, 0.4) is 0 Å². The lowest BCUT2D eigenvalue weighted by atomic mass is 10.1. The Morgan fingerprint density at radius 2 is 1.51 bits per heavy atom. The van der Waals surface area contributed by atoms with Crippen molar-refractivity contribution in [2.24, 2.45) is 0 Å². The molecule has 1 fully saturated rings. The summed E-state index contributed by atoms with van der Waals surface area (Å²) in [5, 5.41) is 4.53. The predicted molar refractivity (Wildman–Crippen MR) is 152 cm³/mol. The van der Waals surface area contributed by atoms with E-state index >= 15 is 0 Å². The maximum atomic E-state index is 13.1. The summed E-state index contributed by atoms with van der Waals surface area (Å²) in [6.45, 7) is 8.31. The van der Waals surface area contributed by atoms with Gasteiger partial charge < -0.3 is 5.32 Å². The zero-order chi connectivity index (χ0) is 26.2. The summed E-state index contributed by atoms with van der Waals surface area (Å²) in [5.41, 5.74) is 4.24. The van der Waals surface area contributed by atoms with Crippen LogP contribution >= 0.6 is 15.9 Å². The first-order valence-corrected chi connectivity index (χ1v) is 14.6. The largest absolute Gasteiger partial charge is 0.339 e. The maximum absolute atomic E-state index is 13.1. The van der Waals surface area contributed by atoms with Crippen LogP contribution in [0.1, 0.15) is 29.9 Å². The highest BCUT2D eigenvalue weighted by molar-refractivity contribution is 9.10. The minimum atomic E-state index is -3.53. The van der Waals surface area contributed by atoms with E-state index in [1.54, 1.807) is 28.6 Å². The van der Waals surface area contributed by atoms with Gasteiger partial charge in [-0.15, -0.1) is 0 Å². The second-order valence-corrected chi connectivity index (χ2v) is 12.3. The molecule has 0 aliphatic carbocycles. The number of anilines is 2. The van der Waals surface area contributed by atoms with Gasteiger partial charge in [0.25, 0.3) is 0 Å². The number of hydrogen-bond acceptors (Lipinski definition) is 6. The van der Waals surface area contributed by atoms with Crippen LogP contribution in [-0.4, -0.2) is 53.8 Å². The molecule has 9 heteroatoms. The molecule has 0 amide bonds. The summed E-state index contributed by atoms with van der Waals surface area (Å²) in [4.78, 5) is 12.4. The fourth-order valence-corrected chi connectivity index (χ4v) is 6.44. The number of hydrogen-bond donors (Lipinski definition) is 1. The van der Waals surface area contributed by atoms with E-state index in [0.29, 0.717) is 31.1 Å². The third kappa shape index (κ3) is 5.27. The minimum absolute atomic E-state index is 0.0688. The van der Waals surface area contributed by atoms with Gasteiger partial charge in [-0.3, -0.25) is 4.90 Å². The molecule has 1 atom stereocenters. The molecule has 37 heavy (non-hydrogen) atoms. The molecule has 192 valence electrons. The van der Waals surface area contributed by atoms with Crippen LogP contribution in [-0.2, 0) is 10.0 Å². The normalized spacial score (nSPS) is 16.1. The van der Waals surface area contributed by atoms with Crippen LogP contribution in [0.2, 0.25) is 0 Å². The van der Waals surface area contributed by atoms with Crippen molar-refractivity contribution in [2.75, 3.05) is 31.5 Å². The molecule has 2 heterocycles. The number of nitrogens with one attached hydrogen (secondary N) is 1. The first-order valence-electron chi connectivity index (χ1n) is 12.3. The summed E-state index contributed by atoms with van der Waals surface area (Å²) in [7, 11) is -3.53. The molecule has 3 aromatic carbocycles. The summed E-state index contributed by atoms with van der Waals surface area (Å²) >= 11 is 3.37. The van der Waals surface area contributed by atoms with E-state index in [-0.39, 0.29) is 6.04 Å². The zero-order valence-corrected chi connectivity index (χ0v) is 23.6. The minimum Gasteiger partial charge on any atom is -0.339 e. The van der Waals surface area contributed by atoms with Gasteiger partial charge in [-0.2, -0.15) is 4.31 Å². The van der Waals surface area contributed by atoms with Crippen LogP contribution in [0, 0.1) is 13.8 Å². The molecular weight excluding hydrogens is 550 g/mol. The van der Waals surface area contributed by atoms with E-state index in [1.165, 1.54) is 0 Å². The van der Waals surface area contributed by atoms with E-state index in [9.17, 15) is 8.42 Å². The van der Waals surface area contributed by atoms with Crippen LogP contribution in [0.5, 0.6) is 0 Å². The average Bonchev–Trinajstić information content (AvgIpc) is 2.90. The number of piperazine rings is 1. The Bertz CT molecular complexity index is 1510. The van der Waals surface area contributed by atoms with Crippen molar-refractivity contribution in [3.63, 3.8) is 0 Å². The predicted octanol–water partition coefficient (Wildman–Crippen LogP) is 5.82. The van der Waals surface area contributed by atoms with Gasteiger partial charge in [0.2, 0.25) is 10.0 Å². The van der Waals surface area contributed by atoms with E-state index in [1.807, 2.05) is 24.3 Å². The van der Waals surface area contributed by atoms with Crippen molar-refractivity contribution in [1.29, 1.82) is 0 Å². The summed E-state index contributed by atoms with van der Waals surface area (Å²) in [6.07, 6.45) is 0. The van der Waals surface area contributed by atoms with Gasteiger partial charge in [0.05, 0.1) is 16.5 Å². The smallest absolute Gasteiger partial charge is 0.243 e. The molecule has 0 spiro atoms. The third-order valence-electron chi connectivity index (χ3n) is 6.99. The Hall–Kier alpha value is -2.85. The Morgan fingerprint density at radius 1 is 0.865 bits per heavy atom. The van der Waals surface area contributed by atoms with Crippen LogP contribution in [0.25, 0.3) is 10.9 Å². The Balaban J connectivity index is 1.38. The second-order valence-electron chi connectivity index (χ2n) is 9.41. The molecule has 1 aliphatic heterocycles. The second kappa shape index (κ2) is 10.5. The monoisotopic (exact) mass is 579 g/mol. The molecule has 0 saturated carbocycles. The lowest BCUT2D eigenvalue weighted by molar-refractivity contribution is 0.141. The van der Waals surface area contributed by atoms with Crippen LogP contribution in [0.4, 0.5) is 11.5 Å². The summed E-state index contributed by atoms with van der Waals surface area (Å²) in [5.74, 6) is 1.50. The van der Waals surface area contributed by atoms with Gasteiger partial charge in [-0.05, 0) is 68.3 Å². The molecule has 5 rings (SSSR count). The van der Waals surface area contributed by atoms with Crippen molar-refractivity contribution >= 4 is 48.4 Å². The number of aryl methyl sites for hydroxylation is 2. The van der Waals surface area contributed by atoms with Crippen molar-refractivity contribution in [2.45, 2.75) is 31.7 Å². The van der Waals surface area contributed by atoms with Gasteiger partial charge >= 0.3 is 0 Å². The summed E-state index contributed by atoms with van der Waals surface area (Å²) in [6, 6.07) is 21.0. The molecule has 1 aromatic heterocycles. The highest BCUT2D eigenvalue weighted by atomic mass is 79.9. The molecule has 4 aromatic rings. The highest BCUT2D eigenvalue weighted by Crippen LogP contribution is 2.30. The van der Waals surface area contributed by atoms with Crippen molar-refractivity contribution in [3.8, 4) is 0 Å². The maximum Gasteiger partial charge on any atom is 0.243 e. The Morgan fingerprint density at radius 3 is 2.19 bits per heavy atom. The van der Waals surface area contributed by atoms with Gasteiger partial charge in [0, 0.05) is 41.7 Å². The Kier molecular flexibility index (Phi) is 7.31. The van der Waals surface area contributed by atoms with Gasteiger partial charge in [-0.1, -0.05) is 46.3 Å². The van der Waals surface area contributed by atoms with E-state index in [4.69, 9.17) is 9.97 Å². The molecule has 0 bridgehead atoms. The van der Waals surface area contributed by atoms with Crippen LogP contribution < -0.4 is 5.32 Å². The number of benzene rings is 3. The molecular formula is C28H30BrN5O2S. The first kappa shape index (κ1) is 25.8. The highest BCUT2D eigenvalue weighted by Gasteiger charge is 2.31. The molecule has 1 saturated heterocycles. The number of halogens is 1. The standard InChI is InChI=1S/C28H30BrN5O2S/c1-19-7-6-8-20(2)26(19)31-28-24-9-4-5-10-25(24)30-27(32-28)21(3)33-15-17-34(18-16-33)37(35,36)23-13-11-22(29)12-14-23/h4-14,21H,15-18H2,1-3H3,(H,30,31,32)/t21-/m0/s1. The number of aromatic nitrogens is 2. The number of para-hydroxylation sites is 2. The number of sulfonamides is 1. The third-order valence-corrected chi connectivity index (χ3v) is 9.43. The summed E-state index contributed by atoms with van der Waals surface area (Å²) < 4.78 is 28.7. The van der Waals surface area contributed by atoms with Gasteiger partial charge in [0.1, 0.15) is 11.6 Å². The van der Waals surface area contributed by atoms with E-state index in [0.717, 1.165) is 43.8 Å². The molecule has 0 unspecified atom stereocenters. The number of rotatable bonds is 6. The molecule has 7 nitrogen and oxygen atoms in total.